The van der Waals surface area contributed by atoms with Crippen molar-refractivity contribution >= 4 is 33.4 Å². The quantitative estimate of drug-likeness (QED) is 0.542. The van der Waals surface area contributed by atoms with E-state index in [1.807, 2.05) is 18.2 Å². The second-order valence-electron chi connectivity index (χ2n) is 7.38. The molecule has 5 nitrogen and oxygen atoms in total. The van der Waals surface area contributed by atoms with Crippen LogP contribution in [0, 0.1) is 5.92 Å². The van der Waals surface area contributed by atoms with Gasteiger partial charge in [-0.25, -0.2) is 4.98 Å². The van der Waals surface area contributed by atoms with Crippen LogP contribution in [0.25, 0.3) is 10.2 Å². The molecule has 1 aliphatic rings. The zero-order valence-electron chi connectivity index (χ0n) is 15.9. The number of aromatic nitrogens is 1. The summed E-state index contributed by atoms with van der Waals surface area (Å²) in [6.45, 7) is 2.00. The number of carbonyl (C=O) groups excluding carboxylic acids is 2. The number of hydrogen-bond donors (Lipinski definition) is 1. The molecule has 1 aromatic carbocycles. The molecule has 27 heavy (non-hydrogen) atoms. The Hall–Kier alpha value is -1.95. The first-order chi connectivity index (χ1) is 13.1. The fraction of sp³-hybridized carbons (Fsp3) is 0.571. The third kappa shape index (κ3) is 6.03. The van der Waals surface area contributed by atoms with Crippen molar-refractivity contribution < 1.29 is 14.3 Å². The molecule has 146 valence electrons. The molecule has 1 aromatic heterocycles. The predicted molar refractivity (Wildman–Crippen MR) is 108 cm³/mol. The van der Waals surface area contributed by atoms with Crippen molar-refractivity contribution in [2.75, 3.05) is 6.61 Å². The monoisotopic (exact) mass is 388 g/mol. The lowest BCUT2D eigenvalue weighted by molar-refractivity contribution is -0.149. The molecule has 1 amide bonds. The third-order valence-electron chi connectivity index (χ3n) is 5.18. The largest absolute Gasteiger partial charge is 0.456 e. The van der Waals surface area contributed by atoms with Crippen LogP contribution in [0.1, 0.15) is 56.9 Å². The smallest absolute Gasteiger partial charge is 0.306 e. The number of fused-ring (bicyclic) bond motifs is 1. The maximum Gasteiger partial charge on any atom is 0.306 e. The summed E-state index contributed by atoms with van der Waals surface area (Å²) in [5.74, 6) is 0.0172. The zero-order chi connectivity index (χ0) is 19.1. The molecule has 2 aromatic rings. The van der Waals surface area contributed by atoms with Gasteiger partial charge in [-0.15, -0.1) is 11.3 Å². The Labute approximate surface area is 164 Å². The van der Waals surface area contributed by atoms with Gasteiger partial charge in [-0.1, -0.05) is 31.9 Å². The average molecular weight is 389 g/mol. The highest BCUT2D eigenvalue weighted by Gasteiger charge is 2.23. The molecule has 0 unspecified atom stereocenters. The molecule has 1 heterocycles. The molecule has 1 aliphatic carbocycles. The van der Waals surface area contributed by atoms with Gasteiger partial charge in [0.05, 0.1) is 15.2 Å². The molecular formula is C21H28N2O3S. The van der Waals surface area contributed by atoms with Crippen LogP contribution >= 0.6 is 11.3 Å². The first-order valence-electron chi connectivity index (χ1n) is 9.91. The van der Waals surface area contributed by atoms with Crippen molar-refractivity contribution in [2.24, 2.45) is 5.92 Å². The Morgan fingerprint density at radius 2 is 2.04 bits per heavy atom. The van der Waals surface area contributed by atoms with E-state index in [9.17, 15) is 9.59 Å². The number of ether oxygens (including phenoxy) is 1. The highest BCUT2D eigenvalue weighted by molar-refractivity contribution is 7.18. The summed E-state index contributed by atoms with van der Waals surface area (Å²) in [7, 11) is 0. The number of amides is 1. The zero-order valence-corrected chi connectivity index (χ0v) is 16.7. The molecule has 1 fully saturated rings. The summed E-state index contributed by atoms with van der Waals surface area (Å²) >= 11 is 1.71. The van der Waals surface area contributed by atoms with Gasteiger partial charge < -0.3 is 10.1 Å². The van der Waals surface area contributed by atoms with Crippen molar-refractivity contribution in [3.63, 3.8) is 0 Å². The predicted octanol–water partition coefficient (Wildman–Crippen LogP) is 4.25. The van der Waals surface area contributed by atoms with E-state index in [1.165, 1.54) is 11.1 Å². The summed E-state index contributed by atoms with van der Waals surface area (Å²) in [6, 6.07) is 8.33. The number of hydrogen-bond acceptors (Lipinski definition) is 5. The molecule has 0 aliphatic heterocycles. The normalized spacial score (nSPS) is 19.7. The SMILES string of the molecule is C[C@@H]1CCCC[C@H]1NC(=O)COC(=O)CCCCc1nc2ccccc2s1. The highest BCUT2D eigenvalue weighted by atomic mass is 32.1. The second kappa shape index (κ2) is 9.83. The van der Waals surface area contributed by atoms with E-state index < -0.39 is 0 Å². The molecule has 0 bridgehead atoms. The van der Waals surface area contributed by atoms with E-state index in [-0.39, 0.29) is 24.5 Å². The van der Waals surface area contributed by atoms with Crippen LogP contribution in [0.3, 0.4) is 0 Å². The minimum Gasteiger partial charge on any atom is -0.456 e. The topological polar surface area (TPSA) is 68.3 Å². The summed E-state index contributed by atoms with van der Waals surface area (Å²) in [4.78, 5) is 28.4. The number of carbonyl (C=O) groups is 2. The Balaban J connectivity index is 1.29. The number of rotatable bonds is 8. The molecular weight excluding hydrogens is 360 g/mol. The lowest BCUT2D eigenvalue weighted by Gasteiger charge is -2.29. The number of aryl methyl sites for hydroxylation is 1. The van der Waals surface area contributed by atoms with Gasteiger partial charge in [0, 0.05) is 12.5 Å². The van der Waals surface area contributed by atoms with E-state index in [0.29, 0.717) is 12.3 Å². The van der Waals surface area contributed by atoms with Crippen molar-refractivity contribution in [2.45, 2.75) is 64.3 Å². The molecule has 0 radical (unpaired) electrons. The summed E-state index contributed by atoms with van der Waals surface area (Å²) < 4.78 is 6.32. The van der Waals surface area contributed by atoms with Crippen molar-refractivity contribution in [3.8, 4) is 0 Å². The number of para-hydroxylation sites is 1. The van der Waals surface area contributed by atoms with E-state index in [1.54, 1.807) is 11.3 Å². The molecule has 1 N–H and O–H groups in total. The van der Waals surface area contributed by atoms with Crippen molar-refractivity contribution in [3.05, 3.63) is 29.3 Å². The summed E-state index contributed by atoms with van der Waals surface area (Å²) in [5, 5.41) is 4.10. The summed E-state index contributed by atoms with van der Waals surface area (Å²) in [5.41, 5.74) is 1.04. The number of benzene rings is 1. The van der Waals surface area contributed by atoms with Crippen LogP contribution in [-0.2, 0) is 20.7 Å². The Morgan fingerprint density at radius 3 is 2.85 bits per heavy atom. The van der Waals surface area contributed by atoms with Crippen LogP contribution in [0.2, 0.25) is 0 Å². The first kappa shape index (κ1) is 19.8. The fourth-order valence-corrected chi connectivity index (χ4v) is 4.58. The number of thiazole rings is 1. The number of esters is 1. The van der Waals surface area contributed by atoms with E-state index in [0.717, 1.165) is 49.0 Å². The highest BCUT2D eigenvalue weighted by Crippen LogP contribution is 2.24. The van der Waals surface area contributed by atoms with Gasteiger partial charge in [-0.05, 0) is 50.2 Å². The van der Waals surface area contributed by atoms with Crippen LogP contribution in [0.15, 0.2) is 24.3 Å². The van der Waals surface area contributed by atoms with Gasteiger partial charge in [0.1, 0.15) is 0 Å². The average Bonchev–Trinajstić information content (AvgIpc) is 3.08. The van der Waals surface area contributed by atoms with Gasteiger partial charge >= 0.3 is 5.97 Å². The Bertz CT molecular complexity index is 741. The molecule has 1 saturated carbocycles. The lowest BCUT2D eigenvalue weighted by atomic mass is 9.86. The van der Waals surface area contributed by atoms with Crippen LogP contribution in [-0.4, -0.2) is 29.5 Å². The minimum absolute atomic E-state index is 0.167. The van der Waals surface area contributed by atoms with Gasteiger partial charge in [-0.2, -0.15) is 0 Å². The Morgan fingerprint density at radius 1 is 1.22 bits per heavy atom. The first-order valence-corrected chi connectivity index (χ1v) is 10.7. The minimum atomic E-state index is -0.300. The number of nitrogens with one attached hydrogen (secondary N) is 1. The molecule has 3 rings (SSSR count). The Kier molecular flexibility index (Phi) is 7.21. The van der Waals surface area contributed by atoms with E-state index in [2.05, 4.69) is 23.3 Å². The maximum absolute atomic E-state index is 12.0. The third-order valence-corrected chi connectivity index (χ3v) is 6.28. The van der Waals surface area contributed by atoms with Crippen LogP contribution in [0.5, 0.6) is 0 Å². The van der Waals surface area contributed by atoms with Crippen LogP contribution < -0.4 is 5.32 Å². The summed E-state index contributed by atoms with van der Waals surface area (Å²) in [6.07, 6.45) is 7.41. The van der Waals surface area contributed by atoms with Crippen molar-refractivity contribution in [1.29, 1.82) is 0 Å². The van der Waals surface area contributed by atoms with Crippen LogP contribution in [0.4, 0.5) is 0 Å². The molecule has 0 spiro atoms. The van der Waals surface area contributed by atoms with Gasteiger partial charge in [-0.3, -0.25) is 9.59 Å². The number of nitrogens with zero attached hydrogens (tertiary/aromatic N) is 1. The van der Waals surface area contributed by atoms with Gasteiger partial charge in [0.2, 0.25) is 0 Å². The fourth-order valence-electron chi connectivity index (χ4n) is 3.57. The van der Waals surface area contributed by atoms with E-state index in [4.69, 9.17) is 4.74 Å². The maximum atomic E-state index is 12.0. The molecule has 6 heteroatoms. The molecule has 2 atom stereocenters. The van der Waals surface area contributed by atoms with Gasteiger partial charge in [0.15, 0.2) is 6.61 Å². The lowest BCUT2D eigenvalue weighted by Crippen LogP contribution is -2.42. The van der Waals surface area contributed by atoms with Gasteiger partial charge in [0.25, 0.3) is 5.91 Å². The van der Waals surface area contributed by atoms with Crippen molar-refractivity contribution in [1.82, 2.24) is 10.3 Å². The standard InChI is InChI=1S/C21H28N2O3S/c1-15-8-2-3-9-16(15)22-19(24)14-26-21(25)13-7-6-12-20-23-17-10-4-5-11-18(17)27-20/h4-5,10-11,15-16H,2-3,6-9,12-14H2,1H3,(H,22,24)/t15-,16-/m1/s1. The van der Waals surface area contributed by atoms with E-state index >= 15 is 0 Å². The number of unbranched alkanes of at least 4 members (excludes halogenated alkanes) is 1. The second-order valence-corrected chi connectivity index (χ2v) is 8.49. The molecule has 0 saturated heterocycles.